The van der Waals surface area contributed by atoms with Gasteiger partial charge in [0, 0.05) is 17.5 Å². The van der Waals surface area contributed by atoms with Crippen LogP contribution in [0.4, 0.5) is 4.39 Å². The van der Waals surface area contributed by atoms with Crippen LogP contribution in [0.15, 0.2) is 30.5 Å². The lowest BCUT2D eigenvalue weighted by molar-refractivity contribution is -0.131. The number of rotatable bonds is 1. The zero-order valence-corrected chi connectivity index (χ0v) is 13.4. The number of fused-ring (bicyclic) bond motifs is 3. The van der Waals surface area contributed by atoms with Crippen molar-refractivity contribution in [3.63, 3.8) is 0 Å². The molecule has 1 saturated carbocycles. The van der Waals surface area contributed by atoms with Gasteiger partial charge in [-0.05, 0) is 48.4 Å². The maximum absolute atomic E-state index is 14.0. The van der Waals surface area contributed by atoms with Crippen molar-refractivity contribution >= 4 is 5.78 Å². The van der Waals surface area contributed by atoms with Gasteiger partial charge in [-0.1, -0.05) is 19.1 Å². The number of carbonyl (C=O) groups is 1. The Morgan fingerprint density at radius 1 is 1.46 bits per heavy atom. The number of H-pyrrole nitrogens is 1. The minimum atomic E-state index is -0.679. The summed E-state index contributed by atoms with van der Waals surface area (Å²) in [4.78, 5) is 12.6. The number of nitrogens with one attached hydrogen (secondary N) is 1. The molecule has 1 N–H and O–H groups in total. The van der Waals surface area contributed by atoms with Crippen LogP contribution in [-0.4, -0.2) is 16.0 Å². The number of ketones is 1. The normalized spacial score (nSPS) is 31.9. The van der Waals surface area contributed by atoms with Crippen molar-refractivity contribution in [3.8, 4) is 6.07 Å². The van der Waals surface area contributed by atoms with Crippen molar-refractivity contribution in [2.45, 2.75) is 31.6 Å². The highest BCUT2D eigenvalue weighted by Gasteiger charge is 2.56. The van der Waals surface area contributed by atoms with Gasteiger partial charge in [-0.15, -0.1) is 0 Å². The summed E-state index contributed by atoms with van der Waals surface area (Å²) in [5.41, 5.74) is 2.22. The maximum atomic E-state index is 14.0. The number of carbonyl (C=O) groups excluding carboxylic acids is 1. The van der Waals surface area contributed by atoms with E-state index in [0.717, 1.165) is 29.7 Å². The molecule has 0 radical (unpaired) electrons. The molecule has 1 fully saturated rings. The zero-order chi connectivity index (χ0) is 16.9. The number of hydrogen-bond donors (Lipinski definition) is 1. The number of hydrogen-bond acceptors (Lipinski definition) is 3. The van der Waals surface area contributed by atoms with Crippen LogP contribution in [0.5, 0.6) is 0 Å². The van der Waals surface area contributed by atoms with Crippen LogP contribution in [0.2, 0.25) is 0 Å². The molecule has 4 atom stereocenters. The van der Waals surface area contributed by atoms with Gasteiger partial charge in [-0.25, -0.2) is 4.39 Å². The Morgan fingerprint density at radius 3 is 3.04 bits per heavy atom. The molecule has 2 aliphatic carbocycles. The van der Waals surface area contributed by atoms with E-state index in [1.165, 1.54) is 12.1 Å². The molecule has 0 spiro atoms. The van der Waals surface area contributed by atoms with Gasteiger partial charge in [-0.3, -0.25) is 9.89 Å². The lowest BCUT2D eigenvalue weighted by atomic mass is 9.51. The maximum Gasteiger partial charge on any atom is 0.153 e. The Bertz CT molecular complexity index is 852. The number of aryl methyl sites for hydroxylation is 1. The van der Waals surface area contributed by atoms with E-state index in [-0.39, 0.29) is 23.4 Å². The van der Waals surface area contributed by atoms with Gasteiger partial charge in [0.25, 0.3) is 0 Å². The average Bonchev–Trinajstić information content (AvgIpc) is 3.07. The van der Waals surface area contributed by atoms with E-state index in [1.54, 1.807) is 6.07 Å². The molecule has 1 aromatic heterocycles. The second-order valence-electron chi connectivity index (χ2n) is 6.96. The van der Waals surface area contributed by atoms with Crippen molar-refractivity contribution in [1.29, 1.82) is 5.26 Å². The molecule has 4 nitrogen and oxygen atoms in total. The summed E-state index contributed by atoms with van der Waals surface area (Å²) < 4.78 is 14.0. The van der Waals surface area contributed by atoms with Crippen molar-refractivity contribution in [2.75, 3.05) is 0 Å². The van der Waals surface area contributed by atoms with Gasteiger partial charge in [0.2, 0.25) is 0 Å². The number of aromatic nitrogens is 2. The van der Waals surface area contributed by atoms with Crippen molar-refractivity contribution < 1.29 is 9.18 Å². The summed E-state index contributed by atoms with van der Waals surface area (Å²) in [7, 11) is 0. The van der Waals surface area contributed by atoms with Crippen LogP contribution in [0.25, 0.3) is 0 Å². The van der Waals surface area contributed by atoms with Crippen LogP contribution in [0.3, 0.4) is 0 Å². The third kappa shape index (κ3) is 1.89. The molecule has 0 saturated heterocycles. The summed E-state index contributed by atoms with van der Waals surface area (Å²) in [5.74, 6) is -1.18. The van der Waals surface area contributed by atoms with E-state index in [2.05, 4.69) is 16.3 Å². The molecule has 5 heteroatoms. The zero-order valence-electron chi connectivity index (χ0n) is 13.4. The molecule has 4 rings (SSSR count). The molecule has 0 amide bonds. The predicted octanol–water partition coefficient (Wildman–Crippen LogP) is 3.15. The van der Waals surface area contributed by atoms with Crippen LogP contribution in [0.1, 0.15) is 36.6 Å². The number of benzene rings is 1. The highest BCUT2D eigenvalue weighted by atomic mass is 19.1. The first-order chi connectivity index (χ1) is 11.6. The van der Waals surface area contributed by atoms with Gasteiger partial charge < -0.3 is 0 Å². The quantitative estimate of drug-likeness (QED) is 0.876. The van der Waals surface area contributed by atoms with Crippen LogP contribution in [0, 0.1) is 34.9 Å². The first-order valence-electron chi connectivity index (χ1n) is 8.30. The van der Waals surface area contributed by atoms with E-state index in [9.17, 15) is 14.4 Å². The van der Waals surface area contributed by atoms with Crippen molar-refractivity contribution in [2.24, 2.45) is 17.8 Å². The number of halogens is 1. The Morgan fingerprint density at radius 2 is 2.29 bits per heavy atom. The highest BCUT2D eigenvalue weighted by molar-refractivity contribution is 5.87. The van der Waals surface area contributed by atoms with Crippen molar-refractivity contribution in [3.05, 3.63) is 53.1 Å². The standard InChI is InChI=1S/C19H18FN3O/c1-11-16-6-5-12-10-22-23-18(12)19(16,8-13(9-21)17(11)24)14-3-2-4-15(20)7-14/h2-4,7,10-11,13,16H,5-6,8H2,1H3,(H,22,23)/t11-,13?,16-,19+/m0/s1. The van der Waals surface area contributed by atoms with Crippen LogP contribution >= 0.6 is 0 Å². The minimum Gasteiger partial charge on any atom is -0.298 e. The highest BCUT2D eigenvalue weighted by Crippen LogP contribution is 2.55. The van der Waals surface area contributed by atoms with Crippen molar-refractivity contribution in [1.82, 2.24) is 10.2 Å². The summed E-state index contributed by atoms with van der Waals surface area (Å²) in [6, 6.07) is 8.72. The molecule has 24 heavy (non-hydrogen) atoms. The summed E-state index contributed by atoms with van der Waals surface area (Å²) in [6.45, 7) is 1.90. The molecule has 0 bridgehead atoms. The first kappa shape index (κ1) is 15.1. The Labute approximate surface area is 139 Å². The molecular formula is C19H18FN3O. The molecule has 1 heterocycles. The summed E-state index contributed by atoms with van der Waals surface area (Å²) in [5, 5.41) is 16.9. The van der Waals surface area contributed by atoms with E-state index < -0.39 is 11.3 Å². The van der Waals surface area contributed by atoms with Gasteiger partial charge >= 0.3 is 0 Å². The average molecular weight is 323 g/mol. The van der Waals surface area contributed by atoms with E-state index in [1.807, 2.05) is 19.2 Å². The fourth-order valence-corrected chi connectivity index (χ4v) is 4.83. The predicted molar refractivity (Wildman–Crippen MR) is 85.5 cm³/mol. The second kappa shape index (κ2) is 5.27. The number of Topliss-reactive ketones (excluding diaryl/α,β-unsaturated/α-hetero) is 1. The minimum absolute atomic E-state index is 0.00788. The Hall–Kier alpha value is -2.48. The fraction of sp³-hybridized carbons (Fsp3) is 0.421. The van der Waals surface area contributed by atoms with Gasteiger partial charge in [0.05, 0.1) is 11.8 Å². The van der Waals surface area contributed by atoms with E-state index in [4.69, 9.17) is 0 Å². The third-order valence-electron chi connectivity index (χ3n) is 5.92. The Kier molecular flexibility index (Phi) is 3.31. The van der Waals surface area contributed by atoms with Gasteiger partial charge in [-0.2, -0.15) is 10.4 Å². The smallest absolute Gasteiger partial charge is 0.153 e. The third-order valence-corrected chi connectivity index (χ3v) is 5.92. The second-order valence-corrected chi connectivity index (χ2v) is 6.96. The molecule has 1 unspecified atom stereocenters. The largest absolute Gasteiger partial charge is 0.298 e. The molecule has 0 aliphatic heterocycles. The van der Waals surface area contributed by atoms with Gasteiger partial charge in [0.15, 0.2) is 5.78 Å². The number of aromatic amines is 1. The summed E-state index contributed by atoms with van der Waals surface area (Å²) >= 11 is 0. The number of nitriles is 1. The molecule has 2 aliphatic rings. The van der Waals surface area contributed by atoms with Crippen LogP contribution in [-0.2, 0) is 16.6 Å². The van der Waals surface area contributed by atoms with Crippen LogP contribution < -0.4 is 0 Å². The Balaban J connectivity index is 1.99. The molecule has 1 aromatic carbocycles. The first-order valence-corrected chi connectivity index (χ1v) is 8.30. The lowest BCUT2D eigenvalue weighted by Crippen LogP contribution is -2.52. The van der Waals surface area contributed by atoms with E-state index in [0.29, 0.717) is 6.42 Å². The lowest BCUT2D eigenvalue weighted by Gasteiger charge is -2.50. The summed E-state index contributed by atoms with van der Waals surface area (Å²) in [6.07, 6.45) is 3.95. The topological polar surface area (TPSA) is 69.5 Å². The SMILES string of the molecule is C[C@@H]1C(=O)C(C#N)C[C@]2(c3cccc(F)c3)c3n[nH]cc3CC[C@@H]12. The van der Waals surface area contributed by atoms with E-state index >= 15 is 0 Å². The molecular weight excluding hydrogens is 305 g/mol. The number of nitrogens with zero attached hydrogens (tertiary/aromatic N) is 2. The monoisotopic (exact) mass is 323 g/mol. The molecule has 122 valence electrons. The van der Waals surface area contributed by atoms with Gasteiger partial charge in [0.1, 0.15) is 11.7 Å². The fourth-order valence-electron chi connectivity index (χ4n) is 4.83. The molecule has 2 aromatic rings.